The molecule has 144 valence electrons. The van der Waals surface area contributed by atoms with Gasteiger partial charge in [0.25, 0.3) is 0 Å². The van der Waals surface area contributed by atoms with Crippen LogP contribution in [-0.2, 0) is 16.1 Å². The Hall–Kier alpha value is -2.97. The van der Waals surface area contributed by atoms with E-state index < -0.39 is 11.9 Å². The van der Waals surface area contributed by atoms with Crippen LogP contribution in [0.5, 0.6) is 11.5 Å². The maximum absolute atomic E-state index is 9.41. The molecule has 0 aliphatic heterocycles. The first-order valence-corrected chi connectivity index (χ1v) is 8.50. The predicted octanol–water partition coefficient (Wildman–Crippen LogP) is 0.356. The van der Waals surface area contributed by atoms with E-state index in [0.717, 1.165) is 26.9 Å². The van der Waals surface area contributed by atoms with E-state index in [0.29, 0.717) is 18.7 Å². The first kappa shape index (κ1) is 22.1. The quantitative estimate of drug-likeness (QED) is 0.673. The molecule has 0 aromatic heterocycles. The lowest BCUT2D eigenvalue weighted by molar-refractivity contribution is -0.301. The summed E-state index contributed by atoms with van der Waals surface area (Å²) in [6.07, 6.45) is 0.769. The molecule has 0 bridgehead atoms. The molecule has 8 heteroatoms. The van der Waals surface area contributed by atoms with Crippen molar-refractivity contribution in [2.75, 3.05) is 14.2 Å². The van der Waals surface area contributed by atoms with Gasteiger partial charge in [-0.15, -0.1) is 0 Å². The number of carbonyl (C=O) groups excluding carboxylic acids is 2. The van der Waals surface area contributed by atoms with Gasteiger partial charge in [0.1, 0.15) is 11.5 Å². The Morgan fingerprint density at radius 2 is 1.63 bits per heavy atom. The van der Waals surface area contributed by atoms with E-state index in [1.165, 1.54) is 0 Å². The number of rotatable bonds is 7. The van der Waals surface area contributed by atoms with Crippen LogP contribution in [-0.4, -0.2) is 26.2 Å². The molecule has 0 saturated carbocycles. The normalized spacial score (nSPS) is 10.0. The van der Waals surface area contributed by atoms with Gasteiger partial charge in [0.15, 0.2) is 0 Å². The van der Waals surface area contributed by atoms with Gasteiger partial charge in [-0.3, -0.25) is 0 Å². The third-order valence-corrected chi connectivity index (χ3v) is 4.30. The van der Waals surface area contributed by atoms with Crippen molar-refractivity contribution in [2.24, 2.45) is 5.73 Å². The van der Waals surface area contributed by atoms with Crippen LogP contribution in [0.25, 0.3) is 0 Å². The average Bonchev–Trinajstić information content (AvgIpc) is 2.67. The second kappa shape index (κ2) is 11.6. The summed E-state index contributed by atoms with van der Waals surface area (Å²) in [6, 6.07) is 13.9. The highest BCUT2D eigenvalue weighted by molar-refractivity contribution is 7.99. The Labute approximate surface area is 161 Å². The molecule has 2 rings (SSSR count). The smallest absolute Gasteiger partial charge is 0.133 e. The zero-order chi connectivity index (χ0) is 20.2. The highest BCUT2D eigenvalue weighted by atomic mass is 32.2. The van der Waals surface area contributed by atoms with Crippen LogP contribution in [0, 0.1) is 0 Å². The van der Waals surface area contributed by atoms with Gasteiger partial charge in [-0.05, 0) is 42.0 Å². The zero-order valence-electron chi connectivity index (χ0n) is 14.8. The summed E-state index contributed by atoms with van der Waals surface area (Å²) in [6.45, 7) is 0.523. The fourth-order valence-electron chi connectivity index (χ4n) is 1.89. The average molecular weight is 389 g/mol. The monoisotopic (exact) mass is 389 g/mol. The van der Waals surface area contributed by atoms with Crippen LogP contribution in [0.3, 0.4) is 0 Å². The molecule has 0 spiro atoms. The molecule has 0 fully saturated rings. The van der Waals surface area contributed by atoms with E-state index in [1.54, 1.807) is 26.0 Å². The number of carbonyl (C=O) groups is 2. The van der Waals surface area contributed by atoms with Crippen molar-refractivity contribution in [1.82, 2.24) is 0 Å². The highest BCUT2D eigenvalue weighted by Crippen LogP contribution is 2.38. The number of benzene rings is 2. The Kier molecular flexibility index (Phi) is 9.49. The molecule has 0 amide bonds. The predicted molar refractivity (Wildman–Crippen MR) is 97.2 cm³/mol. The highest BCUT2D eigenvalue weighted by Gasteiger charge is 2.09. The summed E-state index contributed by atoms with van der Waals surface area (Å²) in [5.74, 6) is -1.45. The molecule has 0 heterocycles. The van der Waals surface area contributed by atoms with E-state index >= 15 is 0 Å². The zero-order valence-corrected chi connectivity index (χ0v) is 15.7. The SMILES string of the molecule is COc1ccc(OC)c(Sc2ccccc2CN)c1.O=C([O-])/C=C\C(=O)[O-]. The van der Waals surface area contributed by atoms with Crippen molar-refractivity contribution in [3.8, 4) is 11.5 Å². The maximum atomic E-state index is 9.41. The Morgan fingerprint density at radius 1 is 1.00 bits per heavy atom. The summed E-state index contributed by atoms with van der Waals surface area (Å²) < 4.78 is 10.6. The molecule has 27 heavy (non-hydrogen) atoms. The van der Waals surface area contributed by atoms with Crippen LogP contribution in [0.2, 0.25) is 0 Å². The number of hydrogen-bond donors (Lipinski definition) is 1. The minimum atomic E-state index is -1.55. The summed E-state index contributed by atoms with van der Waals surface area (Å²) >= 11 is 1.63. The van der Waals surface area contributed by atoms with Gasteiger partial charge in [0.05, 0.1) is 31.1 Å². The third-order valence-electron chi connectivity index (χ3n) is 3.14. The number of carboxylic acid groups (broad SMARTS) is 2. The lowest BCUT2D eigenvalue weighted by Gasteiger charge is -2.12. The van der Waals surface area contributed by atoms with Crippen molar-refractivity contribution in [1.29, 1.82) is 0 Å². The van der Waals surface area contributed by atoms with Crippen molar-refractivity contribution in [3.63, 3.8) is 0 Å². The Bertz CT molecular complexity index is 791. The summed E-state index contributed by atoms with van der Waals surface area (Å²) in [5, 5.41) is 18.8. The lowest BCUT2D eigenvalue weighted by Crippen LogP contribution is -2.23. The Morgan fingerprint density at radius 3 is 2.15 bits per heavy atom. The molecule has 2 aromatic carbocycles. The number of carboxylic acids is 2. The van der Waals surface area contributed by atoms with E-state index in [9.17, 15) is 19.8 Å². The van der Waals surface area contributed by atoms with Gasteiger partial charge in [0, 0.05) is 11.4 Å². The van der Waals surface area contributed by atoms with Crippen LogP contribution >= 0.6 is 11.8 Å². The van der Waals surface area contributed by atoms with Crippen LogP contribution in [0.4, 0.5) is 0 Å². The van der Waals surface area contributed by atoms with E-state index in [1.807, 2.05) is 36.4 Å². The fraction of sp³-hybridized carbons (Fsp3) is 0.158. The van der Waals surface area contributed by atoms with Gasteiger partial charge in [-0.2, -0.15) is 0 Å². The molecule has 0 radical (unpaired) electrons. The first-order valence-electron chi connectivity index (χ1n) is 7.69. The molecule has 2 aromatic rings. The van der Waals surface area contributed by atoms with Crippen LogP contribution in [0.1, 0.15) is 5.56 Å². The first-order chi connectivity index (χ1) is 12.9. The number of methoxy groups -OCH3 is 2. The fourth-order valence-corrected chi connectivity index (χ4v) is 2.98. The van der Waals surface area contributed by atoms with Gasteiger partial charge in [-0.1, -0.05) is 30.0 Å². The summed E-state index contributed by atoms with van der Waals surface area (Å²) in [7, 11) is 3.32. The maximum Gasteiger partial charge on any atom is 0.133 e. The molecular weight excluding hydrogens is 370 g/mol. The molecule has 0 aliphatic rings. The van der Waals surface area contributed by atoms with Gasteiger partial charge < -0.3 is 35.0 Å². The molecule has 2 N–H and O–H groups in total. The van der Waals surface area contributed by atoms with E-state index in [2.05, 4.69) is 6.07 Å². The van der Waals surface area contributed by atoms with Crippen LogP contribution in [0.15, 0.2) is 64.4 Å². The van der Waals surface area contributed by atoms with Gasteiger partial charge in [0.2, 0.25) is 0 Å². The summed E-state index contributed by atoms with van der Waals surface area (Å²) in [4.78, 5) is 21.0. The van der Waals surface area contributed by atoms with Crippen molar-refractivity contribution < 1.29 is 29.3 Å². The van der Waals surface area contributed by atoms with Crippen molar-refractivity contribution in [3.05, 3.63) is 60.2 Å². The second-order valence-electron chi connectivity index (χ2n) is 4.90. The van der Waals surface area contributed by atoms with Gasteiger partial charge >= 0.3 is 0 Å². The summed E-state index contributed by atoms with van der Waals surface area (Å²) in [5.41, 5.74) is 6.88. The van der Waals surface area contributed by atoms with Crippen molar-refractivity contribution in [2.45, 2.75) is 16.3 Å². The number of aliphatic carboxylic acids is 2. The minimum absolute atomic E-state index is 0.384. The Balaban J connectivity index is 0.000000387. The van der Waals surface area contributed by atoms with E-state index in [-0.39, 0.29) is 0 Å². The minimum Gasteiger partial charge on any atom is -0.545 e. The standard InChI is InChI=1S/C15H17NO2S.C4H4O4/c1-17-12-7-8-13(18-2)15(9-12)19-14-6-4-3-5-11(14)10-16;5-3(6)1-2-4(7)8/h3-9H,10,16H2,1-2H3;1-2H,(H,5,6)(H,7,8)/p-2/b;2-1-. The molecule has 0 unspecified atom stereocenters. The third kappa shape index (κ3) is 7.85. The van der Waals surface area contributed by atoms with Crippen molar-refractivity contribution >= 4 is 23.7 Å². The van der Waals surface area contributed by atoms with Gasteiger partial charge in [-0.25, -0.2) is 0 Å². The van der Waals surface area contributed by atoms with Crippen LogP contribution < -0.4 is 25.4 Å². The molecule has 7 nitrogen and oxygen atoms in total. The molecule has 0 aliphatic carbocycles. The largest absolute Gasteiger partial charge is 0.545 e. The van der Waals surface area contributed by atoms with E-state index in [4.69, 9.17) is 15.2 Å². The topological polar surface area (TPSA) is 125 Å². The second-order valence-corrected chi connectivity index (χ2v) is 5.99. The molecular formula is C19H19NO6S-2. The number of nitrogens with two attached hydrogens (primary N) is 1. The number of hydrogen-bond acceptors (Lipinski definition) is 8. The molecule has 0 saturated heterocycles. The molecule has 0 atom stereocenters. The lowest BCUT2D eigenvalue weighted by atomic mass is 10.2. The number of ether oxygens (including phenoxy) is 2.